The highest BCUT2D eigenvalue weighted by Gasteiger charge is 2.07. The first-order valence-electron chi connectivity index (χ1n) is 5.02. The maximum atomic E-state index is 5.56. The third-order valence-electron chi connectivity index (χ3n) is 2.13. The quantitative estimate of drug-likeness (QED) is 0.873. The lowest BCUT2D eigenvalue weighted by molar-refractivity contribution is 0.500. The van der Waals surface area contributed by atoms with Gasteiger partial charge in [0.15, 0.2) is 0 Å². The van der Waals surface area contributed by atoms with Crippen molar-refractivity contribution >= 4 is 22.6 Å². The van der Waals surface area contributed by atoms with E-state index < -0.39 is 0 Å². The molecule has 1 aromatic heterocycles. The first-order chi connectivity index (χ1) is 7.79. The zero-order valence-corrected chi connectivity index (χ0v) is 11.1. The van der Waals surface area contributed by atoms with Crippen molar-refractivity contribution in [1.82, 2.24) is 15.5 Å². The van der Waals surface area contributed by atoms with E-state index in [9.17, 15) is 0 Å². The Bertz CT molecular complexity index is 470. The van der Waals surface area contributed by atoms with Gasteiger partial charge in [-0.2, -0.15) is 0 Å². The molecule has 1 N–H and O–H groups in total. The van der Waals surface area contributed by atoms with Crippen molar-refractivity contribution in [2.24, 2.45) is 0 Å². The Hall–Kier alpha value is -0.950. The average Bonchev–Trinajstić information content (AvgIpc) is 2.75. The molecule has 16 heavy (non-hydrogen) atoms. The maximum absolute atomic E-state index is 5.56. The Morgan fingerprint density at radius 2 is 2.25 bits per heavy atom. The predicted molar refractivity (Wildman–Crippen MR) is 70.1 cm³/mol. The van der Waals surface area contributed by atoms with Gasteiger partial charge < -0.3 is 9.73 Å². The maximum Gasteiger partial charge on any atom is 0.247 e. The normalized spacial score (nSPS) is 10.6. The molecule has 0 saturated carbocycles. The van der Waals surface area contributed by atoms with Crippen molar-refractivity contribution in [3.63, 3.8) is 0 Å². The number of halogens is 1. The van der Waals surface area contributed by atoms with Gasteiger partial charge in [0, 0.05) is 22.1 Å². The van der Waals surface area contributed by atoms with Crippen molar-refractivity contribution in [3.8, 4) is 11.5 Å². The van der Waals surface area contributed by atoms with Crippen LogP contribution in [0.1, 0.15) is 5.89 Å². The lowest BCUT2D eigenvalue weighted by atomic mass is 10.2. The number of hydrogen-bond donors (Lipinski definition) is 1. The van der Waals surface area contributed by atoms with E-state index >= 15 is 0 Å². The van der Waals surface area contributed by atoms with E-state index in [-0.39, 0.29) is 0 Å². The van der Waals surface area contributed by atoms with Crippen molar-refractivity contribution in [3.05, 3.63) is 33.7 Å². The van der Waals surface area contributed by atoms with E-state index in [0.717, 1.165) is 22.1 Å². The van der Waals surface area contributed by atoms with Gasteiger partial charge in [0.2, 0.25) is 11.8 Å². The number of benzene rings is 1. The number of nitrogens with zero attached hydrogens (tertiary/aromatic N) is 2. The highest BCUT2D eigenvalue weighted by atomic mass is 127. The fraction of sp³-hybridized carbons (Fsp3) is 0.273. The minimum absolute atomic E-state index is 0.588. The molecule has 1 heterocycles. The van der Waals surface area contributed by atoms with E-state index in [2.05, 4.69) is 38.1 Å². The van der Waals surface area contributed by atoms with Crippen LogP contribution < -0.4 is 5.32 Å². The molecule has 4 nitrogen and oxygen atoms in total. The Morgan fingerprint density at radius 3 is 3.00 bits per heavy atom. The second kappa shape index (κ2) is 5.40. The third-order valence-corrected chi connectivity index (χ3v) is 2.80. The molecule has 0 fully saturated rings. The van der Waals surface area contributed by atoms with Gasteiger partial charge in [-0.1, -0.05) is 6.07 Å². The topological polar surface area (TPSA) is 51.0 Å². The van der Waals surface area contributed by atoms with Crippen LogP contribution >= 0.6 is 22.6 Å². The van der Waals surface area contributed by atoms with Gasteiger partial charge in [-0.15, -0.1) is 10.2 Å². The van der Waals surface area contributed by atoms with Crippen LogP contribution in [0, 0.1) is 3.57 Å². The van der Waals surface area contributed by atoms with E-state index in [0.29, 0.717) is 11.8 Å². The molecule has 0 unspecified atom stereocenters. The van der Waals surface area contributed by atoms with Crippen LogP contribution in [0.15, 0.2) is 28.7 Å². The van der Waals surface area contributed by atoms with Gasteiger partial charge in [0.05, 0.1) is 0 Å². The molecular weight excluding hydrogens is 317 g/mol. The number of aromatic nitrogens is 2. The Labute approximate surface area is 108 Å². The molecule has 0 aliphatic heterocycles. The first kappa shape index (κ1) is 11.5. The SMILES string of the molecule is CNCCc1nnc(-c2cccc(I)c2)o1. The summed E-state index contributed by atoms with van der Waals surface area (Å²) in [7, 11) is 1.90. The van der Waals surface area contributed by atoms with E-state index in [1.165, 1.54) is 0 Å². The lowest BCUT2D eigenvalue weighted by Gasteiger charge is -1.95. The molecule has 0 aliphatic carbocycles. The van der Waals surface area contributed by atoms with Crippen LogP contribution in [0.2, 0.25) is 0 Å². The zero-order chi connectivity index (χ0) is 11.4. The van der Waals surface area contributed by atoms with Crippen molar-refractivity contribution in [2.45, 2.75) is 6.42 Å². The monoisotopic (exact) mass is 329 g/mol. The molecule has 0 saturated heterocycles. The van der Waals surface area contributed by atoms with Crippen LogP contribution in [0.4, 0.5) is 0 Å². The number of likely N-dealkylation sites (N-methyl/N-ethyl adjacent to an activating group) is 1. The summed E-state index contributed by atoms with van der Waals surface area (Å²) in [4.78, 5) is 0. The summed E-state index contributed by atoms with van der Waals surface area (Å²) in [6.45, 7) is 0.841. The summed E-state index contributed by atoms with van der Waals surface area (Å²) in [5.41, 5.74) is 0.968. The van der Waals surface area contributed by atoms with Crippen molar-refractivity contribution < 1.29 is 4.42 Å². The fourth-order valence-electron chi connectivity index (χ4n) is 1.32. The molecule has 2 rings (SSSR count). The molecule has 1 aromatic carbocycles. The Balaban J connectivity index is 2.18. The molecule has 0 amide bonds. The summed E-state index contributed by atoms with van der Waals surface area (Å²) >= 11 is 2.26. The summed E-state index contributed by atoms with van der Waals surface area (Å²) < 4.78 is 6.72. The van der Waals surface area contributed by atoms with Gasteiger partial charge >= 0.3 is 0 Å². The molecule has 0 bridgehead atoms. The highest BCUT2D eigenvalue weighted by molar-refractivity contribution is 14.1. The number of hydrogen-bond acceptors (Lipinski definition) is 4. The van der Waals surface area contributed by atoms with Gasteiger partial charge in [0.25, 0.3) is 0 Å². The molecule has 0 radical (unpaired) electrons. The van der Waals surface area contributed by atoms with Crippen molar-refractivity contribution in [1.29, 1.82) is 0 Å². The van der Waals surface area contributed by atoms with Gasteiger partial charge in [-0.3, -0.25) is 0 Å². The smallest absolute Gasteiger partial charge is 0.247 e. The van der Waals surface area contributed by atoms with Crippen LogP contribution in [-0.4, -0.2) is 23.8 Å². The molecule has 0 spiro atoms. The van der Waals surface area contributed by atoms with Gasteiger partial charge in [0.1, 0.15) is 0 Å². The Kier molecular flexibility index (Phi) is 3.89. The van der Waals surface area contributed by atoms with Crippen LogP contribution in [0.25, 0.3) is 11.5 Å². The van der Waals surface area contributed by atoms with E-state index in [1.807, 2.05) is 31.3 Å². The van der Waals surface area contributed by atoms with Crippen LogP contribution in [-0.2, 0) is 6.42 Å². The summed E-state index contributed by atoms with van der Waals surface area (Å²) in [6, 6.07) is 8.00. The van der Waals surface area contributed by atoms with Crippen LogP contribution in [0.3, 0.4) is 0 Å². The molecule has 0 atom stereocenters. The minimum Gasteiger partial charge on any atom is -0.421 e. The average molecular weight is 329 g/mol. The van der Waals surface area contributed by atoms with E-state index in [4.69, 9.17) is 4.42 Å². The fourth-order valence-corrected chi connectivity index (χ4v) is 1.87. The molecule has 84 valence electrons. The standard InChI is InChI=1S/C11H12IN3O/c1-13-6-5-10-14-15-11(16-10)8-3-2-4-9(12)7-8/h2-4,7,13H,5-6H2,1H3. The Morgan fingerprint density at radius 1 is 1.38 bits per heavy atom. The second-order valence-electron chi connectivity index (χ2n) is 3.36. The molecule has 5 heteroatoms. The molecular formula is C11H12IN3O. The third kappa shape index (κ3) is 2.79. The lowest BCUT2D eigenvalue weighted by Crippen LogP contribution is -2.10. The highest BCUT2D eigenvalue weighted by Crippen LogP contribution is 2.19. The molecule has 0 aliphatic rings. The number of nitrogens with one attached hydrogen (secondary N) is 1. The van der Waals surface area contributed by atoms with E-state index in [1.54, 1.807) is 0 Å². The summed E-state index contributed by atoms with van der Waals surface area (Å²) in [6.07, 6.45) is 0.757. The summed E-state index contributed by atoms with van der Waals surface area (Å²) in [5, 5.41) is 11.1. The van der Waals surface area contributed by atoms with Crippen molar-refractivity contribution in [2.75, 3.05) is 13.6 Å². The number of rotatable bonds is 4. The van der Waals surface area contributed by atoms with Gasteiger partial charge in [-0.25, -0.2) is 0 Å². The first-order valence-corrected chi connectivity index (χ1v) is 6.10. The predicted octanol–water partition coefficient (Wildman–Crippen LogP) is 2.10. The largest absolute Gasteiger partial charge is 0.421 e. The van der Waals surface area contributed by atoms with Gasteiger partial charge in [-0.05, 0) is 47.8 Å². The zero-order valence-electron chi connectivity index (χ0n) is 8.90. The second-order valence-corrected chi connectivity index (χ2v) is 4.61. The molecule has 2 aromatic rings. The van der Waals surface area contributed by atoms with Crippen LogP contribution in [0.5, 0.6) is 0 Å². The summed E-state index contributed by atoms with van der Waals surface area (Å²) in [5.74, 6) is 1.26. The minimum atomic E-state index is 0.588.